The molecular weight excluding hydrogens is 615 g/mol. The van der Waals surface area contributed by atoms with Crippen LogP contribution >= 0.6 is 0 Å². The second-order valence-corrected chi connectivity index (χ2v) is 11.6. The van der Waals surface area contributed by atoms with Gasteiger partial charge in [-0.2, -0.15) is 0 Å². The van der Waals surface area contributed by atoms with Gasteiger partial charge in [0.1, 0.15) is 23.2 Å². The lowest BCUT2D eigenvalue weighted by Gasteiger charge is -2.35. The number of benzene rings is 2. The zero-order valence-electron chi connectivity index (χ0n) is 26.3. The number of hydrogen-bond donors (Lipinski definition) is 3. The number of carboxylic acid groups (broad SMARTS) is 2. The van der Waals surface area contributed by atoms with Crippen LogP contribution < -0.4 is 10.1 Å². The van der Waals surface area contributed by atoms with Gasteiger partial charge >= 0.3 is 18.0 Å². The molecule has 2 atom stereocenters. The molecule has 14 heteroatoms. The summed E-state index contributed by atoms with van der Waals surface area (Å²) in [7, 11) is 0. The highest BCUT2D eigenvalue weighted by atomic mass is 19.1. The van der Waals surface area contributed by atoms with Crippen molar-refractivity contribution >= 4 is 40.7 Å². The van der Waals surface area contributed by atoms with E-state index in [0.717, 1.165) is 6.07 Å². The van der Waals surface area contributed by atoms with Gasteiger partial charge in [0.15, 0.2) is 0 Å². The maximum Gasteiger partial charge on any atom is 0.409 e. The lowest BCUT2D eigenvalue weighted by Crippen LogP contribution is -2.53. The SMILES string of the molecule is Cc1cc(F)cc2c(OC(C(=O)O)c3ccccc3)cc(C(=O)NCCC(C(=O)O)C(=O)N3CCN(C(=O)OCC(C)C)CC3)nc12. The smallest absolute Gasteiger partial charge is 0.409 e. The molecule has 1 saturated heterocycles. The van der Waals surface area contributed by atoms with Gasteiger partial charge in [0, 0.05) is 49.7 Å². The summed E-state index contributed by atoms with van der Waals surface area (Å²) in [5, 5.41) is 22.4. The maximum atomic E-state index is 14.4. The topological polar surface area (TPSA) is 176 Å². The molecule has 3 aromatic rings. The number of nitrogens with zero attached hydrogens (tertiary/aromatic N) is 3. The third-order valence-corrected chi connectivity index (χ3v) is 7.54. The van der Waals surface area contributed by atoms with E-state index in [-0.39, 0.29) is 74.0 Å². The van der Waals surface area contributed by atoms with Crippen molar-refractivity contribution in [3.05, 3.63) is 71.2 Å². The number of amides is 3. The number of carboxylic acids is 2. The number of aliphatic carboxylic acids is 2. The van der Waals surface area contributed by atoms with Crippen molar-refractivity contribution in [1.29, 1.82) is 0 Å². The van der Waals surface area contributed by atoms with Crippen LogP contribution in [0.1, 0.15) is 48.0 Å². The number of pyridine rings is 1. The van der Waals surface area contributed by atoms with Crippen molar-refractivity contribution in [2.45, 2.75) is 33.3 Å². The summed E-state index contributed by atoms with van der Waals surface area (Å²) in [5.74, 6) is -6.03. The molecule has 0 saturated carbocycles. The molecule has 1 fully saturated rings. The molecule has 0 aliphatic carbocycles. The summed E-state index contributed by atoms with van der Waals surface area (Å²) in [5.41, 5.74) is 0.715. The number of rotatable bonds is 12. The zero-order valence-corrected chi connectivity index (χ0v) is 26.3. The van der Waals surface area contributed by atoms with Gasteiger partial charge in [0.2, 0.25) is 12.0 Å². The summed E-state index contributed by atoms with van der Waals surface area (Å²) in [6.07, 6.45) is -2.19. The number of carbonyl (C=O) groups is 5. The Balaban J connectivity index is 1.45. The van der Waals surface area contributed by atoms with Crippen LogP contribution in [0.25, 0.3) is 10.9 Å². The third-order valence-electron chi connectivity index (χ3n) is 7.54. The van der Waals surface area contributed by atoms with E-state index in [9.17, 15) is 38.6 Å². The Morgan fingerprint density at radius 1 is 0.957 bits per heavy atom. The molecule has 3 N–H and O–H groups in total. The molecule has 0 bridgehead atoms. The molecule has 1 aliphatic heterocycles. The Morgan fingerprint density at radius 2 is 1.62 bits per heavy atom. The predicted molar refractivity (Wildman–Crippen MR) is 166 cm³/mol. The molecule has 1 aliphatic rings. The first kappa shape index (κ1) is 34.6. The number of carbonyl (C=O) groups excluding carboxylic acids is 3. The van der Waals surface area contributed by atoms with E-state index in [0.29, 0.717) is 11.1 Å². The Morgan fingerprint density at radius 3 is 2.23 bits per heavy atom. The monoisotopic (exact) mass is 652 g/mol. The summed E-state index contributed by atoms with van der Waals surface area (Å²) in [6, 6.07) is 11.6. The molecule has 2 heterocycles. The Labute approximate surface area is 270 Å². The minimum Gasteiger partial charge on any atom is -0.481 e. The molecule has 4 rings (SSSR count). The molecule has 0 radical (unpaired) electrons. The van der Waals surface area contributed by atoms with Gasteiger partial charge in [-0.05, 0) is 37.0 Å². The fourth-order valence-electron chi connectivity index (χ4n) is 5.09. The molecule has 47 heavy (non-hydrogen) atoms. The first-order valence-electron chi connectivity index (χ1n) is 15.1. The van der Waals surface area contributed by atoms with Crippen LogP contribution in [-0.2, 0) is 19.1 Å². The number of aryl methyl sites for hydroxylation is 1. The summed E-state index contributed by atoms with van der Waals surface area (Å²) in [6.45, 7) is 6.12. The Hall–Kier alpha value is -5.27. The van der Waals surface area contributed by atoms with E-state index in [2.05, 4.69) is 10.3 Å². The first-order chi connectivity index (χ1) is 22.3. The van der Waals surface area contributed by atoms with Crippen LogP contribution in [-0.4, -0.2) is 94.2 Å². The van der Waals surface area contributed by atoms with E-state index >= 15 is 0 Å². The molecule has 2 aromatic carbocycles. The first-order valence-corrected chi connectivity index (χ1v) is 15.1. The molecule has 0 spiro atoms. The molecule has 250 valence electrons. The third kappa shape index (κ3) is 8.71. The lowest BCUT2D eigenvalue weighted by atomic mass is 10.0. The largest absolute Gasteiger partial charge is 0.481 e. The fraction of sp³-hybridized carbons (Fsp3) is 0.394. The van der Waals surface area contributed by atoms with E-state index in [4.69, 9.17) is 9.47 Å². The van der Waals surface area contributed by atoms with Gasteiger partial charge in [-0.3, -0.25) is 14.4 Å². The van der Waals surface area contributed by atoms with Crippen molar-refractivity contribution in [1.82, 2.24) is 20.1 Å². The number of piperazine rings is 1. The fourth-order valence-corrected chi connectivity index (χ4v) is 5.09. The van der Waals surface area contributed by atoms with Crippen LogP contribution in [0.15, 0.2) is 48.5 Å². The van der Waals surface area contributed by atoms with Gasteiger partial charge in [-0.15, -0.1) is 0 Å². The number of ether oxygens (including phenoxy) is 2. The average Bonchev–Trinajstić information content (AvgIpc) is 3.04. The minimum absolute atomic E-state index is 0.0928. The van der Waals surface area contributed by atoms with Crippen LogP contribution in [0.3, 0.4) is 0 Å². The number of fused-ring (bicyclic) bond motifs is 1. The zero-order chi connectivity index (χ0) is 34.2. The van der Waals surface area contributed by atoms with E-state index in [1.165, 1.54) is 21.9 Å². The number of nitrogens with one attached hydrogen (secondary N) is 1. The van der Waals surface area contributed by atoms with Crippen molar-refractivity contribution in [3.63, 3.8) is 0 Å². The second-order valence-electron chi connectivity index (χ2n) is 11.6. The van der Waals surface area contributed by atoms with E-state index < -0.39 is 47.7 Å². The second kappa shape index (κ2) is 15.3. The Kier molecular flexibility index (Phi) is 11.3. The van der Waals surface area contributed by atoms with Crippen LogP contribution in [0.4, 0.5) is 9.18 Å². The highest BCUT2D eigenvalue weighted by Crippen LogP contribution is 2.32. The maximum absolute atomic E-state index is 14.4. The number of halogens is 1. The Bertz CT molecular complexity index is 1640. The quantitative estimate of drug-likeness (QED) is 0.245. The van der Waals surface area contributed by atoms with E-state index in [1.54, 1.807) is 37.3 Å². The highest BCUT2D eigenvalue weighted by Gasteiger charge is 2.33. The van der Waals surface area contributed by atoms with Crippen molar-refractivity contribution in [2.24, 2.45) is 11.8 Å². The normalized spacial score (nSPS) is 14.4. The standard InChI is InChI=1S/C33H37FN4O9/c1-19(2)18-46-33(45)38-13-11-37(12-14-38)30(40)23(31(41)42)9-10-35-29(39)25-17-26(24-16-22(34)15-20(3)27(24)36-25)47-28(32(43)44)21-7-5-4-6-8-21/h4-8,15-17,19,23,28H,9-14,18H2,1-3H3,(H,35,39)(H,41,42)(H,43,44). The van der Waals surface area contributed by atoms with Crippen LogP contribution in [0.5, 0.6) is 5.75 Å². The number of aromatic nitrogens is 1. The van der Waals surface area contributed by atoms with Crippen molar-refractivity contribution in [2.75, 3.05) is 39.3 Å². The molecular formula is C33H37FN4O9. The summed E-state index contributed by atoms with van der Waals surface area (Å²) >= 11 is 0. The van der Waals surface area contributed by atoms with Crippen molar-refractivity contribution < 1.29 is 48.0 Å². The molecule has 3 amide bonds. The van der Waals surface area contributed by atoms with Crippen LogP contribution in [0.2, 0.25) is 0 Å². The van der Waals surface area contributed by atoms with Gasteiger partial charge in [0.05, 0.1) is 12.1 Å². The van der Waals surface area contributed by atoms with E-state index in [1.807, 2.05) is 13.8 Å². The average molecular weight is 653 g/mol. The highest BCUT2D eigenvalue weighted by molar-refractivity contribution is 5.99. The van der Waals surface area contributed by atoms with Crippen molar-refractivity contribution in [3.8, 4) is 5.75 Å². The molecule has 13 nitrogen and oxygen atoms in total. The van der Waals surface area contributed by atoms with Gasteiger partial charge < -0.3 is 34.8 Å². The number of hydrogen-bond acceptors (Lipinski definition) is 8. The molecule has 2 unspecified atom stereocenters. The van der Waals surface area contributed by atoms with Crippen LogP contribution in [0, 0.1) is 24.6 Å². The lowest BCUT2D eigenvalue weighted by molar-refractivity contribution is -0.152. The summed E-state index contributed by atoms with van der Waals surface area (Å²) < 4.78 is 25.5. The van der Waals surface area contributed by atoms with Gasteiger partial charge in [0.25, 0.3) is 5.91 Å². The van der Waals surface area contributed by atoms with Gasteiger partial charge in [-0.25, -0.2) is 19.0 Å². The predicted octanol–water partition coefficient (Wildman–Crippen LogP) is 3.64. The van der Waals surface area contributed by atoms with Gasteiger partial charge in [-0.1, -0.05) is 44.2 Å². The summed E-state index contributed by atoms with van der Waals surface area (Å²) in [4.78, 5) is 69.9. The minimum atomic E-state index is -1.48. The molecule has 1 aromatic heterocycles.